The molecule has 0 radical (unpaired) electrons. The molecule has 9 heteroatoms. The molecule has 1 fully saturated rings. The second-order valence-corrected chi connectivity index (χ2v) is 9.02. The zero-order valence-corrected chi connectivity index (χ0v) is 19.2. The fourth-order valence-electron chi connectivity index (χ4n) is 4.08. The monoisotopic (exact) mass is 483 g/mol. The van der Waals surface area contributed by atoms with Crippen LogP contribution in [0, 0.1) is 5.92 Å². The number of nitrogens with zero attached hydrogens (tertiary/aromatic N) is 2. The first-order chi connectivity index (χ1) is 15.9. The standard InChI is InChI=1S/C24H22ClN3O4S/c25-19-9-5-4-8-17(19)20-14-33-24(27-20)28-13-21(29)26-11-10-16(15-6-2-1-3-7-15)18(23(28)32)12-22(30)31/h1-9,14,16,18H,10-13H2,(H,26,29)(H,30,31). The van der Waals surface area contributed by atoms with Gasteiger partial charge < -0.3 is 10.4 Å². The van der Waals surface area contributed by atoms with Crippen molar-refractivity contribution in [2.75, 3.05) is 18.0 Å². The summed E-state index contributed by atoms with van der Waals surface area (Å²) in [6, 6.07) is 16.6. The van der Waals surface area contributed by atoms with Crippen molar-refractivity contribution in [3.8, 4) is 11.3 Å². The molecular weight excluding hydrogens is 462 g/mol. The summed E-state index contributed by atoms with van der Waals surface area (Å²) >= 11 is 7.51. The van der Waals surface area contributed by atoms with Gasteiger partial charge in [-0.1, -0.05) is 60.1 Å². The summed E-state index contributed by atoms with van der Waals surface area (Å²) in [6.07, 6.45) is 0.113. The molecule has 7 nitrogen and oxygen atoms in total. The van der Waals surface area contributed by atoms with Crippen LogP contribution in [0.4, 0.5) is 5.13 Å². The summed E-state index contributed by atoms with van der Waals surface area (Å²) < 4.78 is 0. The number of benzene rings is 2. The number of carbonyl (C=O) groups is 3. The number of hydrogen-bond acceptors (Lipinski definition) is 5. The van der Waals surface area contributed by atoms with Gasteiger partial charge in [0.2, 0.25) is 11.8 Å². The van der Waals surface area contributed by atoms with Gasteiger partial charge in [0, 0.05) is 22.5 Å². The molecule has 0 saturated carbocycles. The van der Waals surface area contributed by atoms with Crippen molar-refractivity contribution < 1.29 is 19.5 Å². The fourth-order valence-corrected chi connectivity index (χ4v) is 5.14. The summed E-state index contributed by atoms with van der Waals surface area (Å²) in [6.45, 7) is 0.115. The molecule has 0 spiro atoms. The third-order valence-corrected chi connectivity index (χ3v) is 6.84. The van der Waals surface area contributed by atoms with Crippen LogP contribution in [0.3, 0.4) is 0 Å². The Morgan fingerprint density at radius 1 is 1.15 bits per heavy atom. The van der Waals surface area contributed by atoms with Gasteiger partial charge in [-0.15, -0.1) is 11.3 Å². The largest absolute Gasteiger partial charge is 0.481 e. The number of aromatic nitrogens is 1. The third kappa shape index (κ3) is 5.23. The molecule has 170 valence electrons. The lowest BCUT2D eigenvalue weighted by Crippen LogP contribution is -2.43. The number of carboxylic acid groups (broad SMARTS) is 1. The van der Waals surface area contributed by atoms with Crippen LogP contribution in [0.25, 0.3) is 11.3 Å². The number of rotatable bonds is 5. The molecule has 2 atom stereocenters. The Hall–Kier alpha value is -3.23. The Morgan fingerprint density at radius 2 is 1.88 bits per heavy atom. The maximum Gasteiger partial charge on any atom is 0.304 e. The Labute approximate surface area is 200 Å². The minimum Gasteiger partial charge on any atom is -0.481 e. The molecule has 1 aliphatic heterocycles. The van der Waals surface area contributed by atoms with Crippen LogP contribution in [-0.4, -0.2) is 41.0 Å². The predicted octanol–water partition coefficient (Wildman–Crippen LogP) is 4.19. The van der Waals surface area contributed by atoms with Gasteiger partial charge in [0.25, 0.3) is 0 Å². The maximum absolute atomic E-state index is 13.8. The summed E-state index contributed by atoms with van der Waals surface area (Å²) in [5.41, 5.74) is 2.17. The molecule has 0 aliphatic carbocycles. The van der Waals surface area contributed by atoms with E-state index in [1.807, 2.05) is 48.5 Å². The van der Waals surface area contributed by atoms with Crippen molar-refractivity contribution in [1.82, 2.24) is 10.3 Å². The van der Waals surface area contributed by atoms with E-state index in [0.717, 1.165) is 5.56 Å². The number of amides is 2. The highest BCUT2D eigenvalue weighted by atomic mass is 35.5. The van der Waals surface area contributed by atoms with Crippen LogP contribution in [-0.2, 0) is 14.4 Å². The number of hydrogen-bond donors (Lipinski definition) is 2. The topological polar surface area (TPSA) is 99.6 Å². The van der Waals surface area contributed by atoms with Crippen LogP contribution >= 0.6 is 22.9 Å². The molecule has 2 aromatic carbocycles. The van der Waals surface area contributed by atoms with Gasteiger partial charge in [0.05, 0.1) is 18.0 Å². The Balaban J connectivity index is 1.74. The van der Waals surface area contributed by atoms with Crippen LogP contribution in [0.5, 0.6) is 0 Å². The molecule has 4 rings (SSSR count). The number of thiazole rings is 1. The number of aliphatic carboxylic acids is 1. The second kappa shape index (κ2) is 10.1. The smallest absolute Gasteiger partial charge is 0.304 e. The first kappa shape index (κ1) is 22.9. The normalized spacial score (nSPS) is 19.4. The lowest BCUT2D eigenvalue weighted by atomic mass is 9.80. The molecule has 1 aliphatic rings. The highest BCUT2D eigenvalue weighted by molar-refractivity contribution is 7.14. The molecule has 1 aromatic heterocycles. The van der Waals surface area contributed by atoms with Gasteiger partial charge in [0.15, 0.2) is 5.13 Å². The molecular formula is C24H22ClN3O4S. The third-order valence-electron chi connectivity index (χ3n) is 5.64. The van der Waals surface area contributed by atoms with Crippen LogP contribution in [0.1, 0.15) is 24.3 Å². The second-order valence-electron chi connectivity index (χ2n) is 7.78. The Bertz CT molecular complexity index is 1170. The van der Waals surface area contributed by atoms with Gasteiger partial charge in [-0.25, -0.2) is 4.98 Å². The van der Waals surface area contributed by atoms with Gasteiger partial charge in [-0.05, 0) is 24.0 Å². The average Bonchev–Trinajstić information content (AvgIpc) is 3.30. The quantitative estimate of drug-likeness (QED) is 0.566. The van der Waals surface area contributed by atoms with Crippen LogP contribution in [0.15, 0.2) is 60.0 Å². The van der Waals surface area contributed by atoms with Gasteiger partial charge in [-0.2, -0.15) is 0 Å². The van der Waals surface area contributed by atoms with Crippen molar-refractivity contribution in [2.24, 2.45) is 5.92 Å². The van der Waals surface area contributed by atoms with E-state index >= 15 is 0 Å². The summed E-state index contributed by atoms with van der Waals surface area (Å²) in [5.74, 6) is -3.02. The van der Waals surface area contributed by atoms with Gasteiger partial charge in [-0.3, -0.25) is 19.3 Å². The Morgan fingerprint density at radius 3 is 2.61 bits per heavy atom. The molecule has 2 N–H and O–H groups in total. The van der Waals surface area contributed by atoms with Crippen molar-refractivity contribution in [2.45, 2.75) is 18.8 Å². The van der Waals surface area contributed by atoms with Crippen molar-refractivity contribution >= 4 is 45.9 Å². The number of carbonyl (C=O) groups excluding carboxylic acids is 2. The van der Waals surface area contributed by atoms with Gasteiger partial charge >= 0.3 is 5.97 Å². The van der Waals surface area contributed by atoms with Crippen molar-refractivity contribution in [1.29, 1.82) is 0 Å². The summed E-state index contributed by atoms with van der Waals surface area (Å²) in [4.78, 5) is 43.9. The lowest BCUT2D eigenvalue weighted by molar-refractivity contribution is -0.141. The van der Waals surface area contributed by atoms with E-state index in [1.165, 1.54) is 16.2 Å². The first-order valence-electron chi connectivity index (χ1n) is 10.5. The highest BCUT2D eigenvalue weighted by Crippen LogP contribution is 2.36. The van der Waals surface area contributed by atoms with Crippen LogP contribution in [0.2, 0.25) is 5.02 Å². The number of anilines is 1. The van der Waals surface area contributed by atoms with E-state index in [9.17, 15) is 19.5 Å². The van der Waals surface area contributed by atoms with Gasteiger partial charge in [0.1, 0.15) is 6.54 Å². The maximum atomic E-state index is 13.8. The minimum atomic E-state index is -1.07. The fraction of sp³-hybridized carbons (Fsp3) is 0.250. The van der Waals surface area contributed by atoms with E-state index in [0.29, 0.717) is 34.4 Å². The zero-order valence-electron chi connectivity index (χ0n) is 17.6. The van der Waals surface area contributed by atoms with E-state index < -0.39 is 17.8 Å². The predicted molar refractivity (Wildman–Crippen MR) is 127 cm³/mol. The summed E-state index contributed by atoms with van der Waals surface area (Å²) in [7, 11) is 0. The summed E-state index contributed by atoms with van der Waals surface area (Å²) in [5, 5.41) is 15.1. The van der Waals surface area contributed by atoms with E-state index in [2.05, 4.69) is 10.3 Å². The molecule has 1 saturated heterocycles. The van der Waals surface area contributed by atoms with Crippen molar-refractivity contribution in [3.05, 3.63) is 70.6 Å². The number of halogens is 1. The molecule has 3 aromatic rings. The number of nitrogens with one attached hydrogen (secondary N) is 1. The lowest BCUT2D eigenvalue weighted by Gasteiger charge is -2.28. The van der Waals surface area contributed by atoms with E-state index in [-0.39, 0.29) is 24.8 Å². The molecule has 0 bridgehead atoms. The van der Waals surface area contributed by atoms with Crippen molar-refractivity contribution in [3.63, 3.8) is 0 Å². The van der Waals surface area contributed by atoms with Crippen LogP contribution < -0.4 is 10.2 Å². The first-order valence-corrected chi connectivity index (χ1v) is 11.7. The van der Waals surface area contributed by atoms with E-state index in [4.69, 9.17) is 11.6 Å². The minimum absolute atomic E-state index is 0.230. The molecule has 2 unspecified atom stereocenters. The Kier molecular flexibility index (Phi) is 7.05. The SMILES string of the molecule is O=C(O)CC1C(=O)N(c2nc(-c3ccccc3Cl)cs2)CC(=O)NCCC1c1ccccc1. The zero-order chi connectivity index (χ0) is 23.4. The number of carboxylic acids is 1. The average molecular weight is 484 g/mol. The molecule has 33 heavy (non-hydrogen) atoms. The molecule has 2 heterocycles. The molecule has 2 amide bonds. The highest BCUT2D eigenvalue weighted by Gasteiger charge is 2.37. The van der Waals surface area contributed by atoms with E-state index in [1.54, 1.807) is 11.4 Å².